The molecule has 1 aromatic carbocycles. The number of hydrogen-bond donors (Lipinski definition) is 2. The van der Waals surface area contributed by atoms with E-state index in [1.54, 1.807) is 0 Å². The summed E-state index contributed by atoms with van der Waals surface area (Å²) in [6.45, 7) is 0.305. The molecule has 0 amide bonds. The van der Waals surface area contributed by atoms with Crippen molar-refractivity contribution in [2.75, 3.05) is 19.2 Å². The van der Waals surface area contributed by atoms with Crippen molar-refractivity contribution in [1.29, 1.82) is 0 Å². The van der Waals surface area contributed by atoms with Crippen LogP contribution in [0.15, 0.2) is 42.5 Å². The molecular formula is C16H14N2O2. The third-order valence-corrected chi connectivity index (χ3v) is 3.64. The van der Waals surface area contributed by atoms with Crippen molar-refractivity contribution in [3.8, 4) is 33.9 Å². The van der Waals surface area contributed by atoms with E-state index in [1.165, 1.54) is 11.1 Å². The molecule has 0 spiro atoms. The summed E-state index contributed by atoms with van der Waals surface area (Å²) >= 11 is 0. The van der Waals surface area contributed by atoms with Crippen molar-refractivity contribution in [3.05, 3.63) is 42.5 Å². The average Bonchev–Trinajstić information content (AvgIpc) is 3.11. The van der Waals surface area contributed by atoms with E-state index in [2.05, 4.69) is 34.6 Å². The Hall–Kier alpha value is -2.62. The standard InChI is InChI=1S/C16H14N2O2/c1-17-16-7-4-12-11(3-5-13(12)18-16)10-2-6-14-15(8-10)20-9-19-14/h2-8,17-18H,9H2,1H3. The second-order valence-electron chi connectivity index (χ2n) is 4.76. The lowest BCUT2D eigenvalue weighted by molar-refractivity contribution is 0.174. The molecule has 0 saturated heterocycles. The third-order valence-electron chi connectivity index (χ3n) is 3.64. The summed E-state index contributed by atoms with van der Waals surface area (Å²) in [4.78, 5) is 3.35. The van der Waals surface area contributed by atoms with Crippen LogP contribution in [0.25, 0.3) is 22.4 Å². The topological polar surface area (TPSA) is 46.3 Å². The van der Waals surface area contributed by atoms with Crippen LogP contribution in [-0.4, -0.2) is 18.8 Å². The fraction of sp³-hybridized carbons (Fsp3) is 0.125. The Labute approximate surface area is 116 Å². The Balaban J connectivity index is 1.82. The van der Waals surface area contributed by atoms with Gasteiger partial charge in [0.2, 0.25) is 6.79 Å². The number of aromatic amines is 1. The van der Waals surface area contributed by atoms with Crippen LogP contribution in [0.1, 0.15) is 0 Å². The van der Waals surface area contributed by atoms with E-state index in [0.717, 1.165) is 28.6 Å². The minimum atomic E-state index is 0.305. The van der Waals surface area contributed by atoms with Crippen LogP contribution in [0.2, 0.25) is 0 Å². The minimum Gasteiger partial charge on any atom is -0.454 e. The number of pyridine rings is 1. The third kappa shape index (κ3) is 1.61. The first-order valence-electron chi connectivity index (χ1n) is 6.54. The van der Waals surface area contributed by atoms with Gasteiger partial charge in [0, 0.05) is 18.3 Å². The number of anilines is 1. The van der Waals surface area contributed by atoms with Gasteiger partial charge in [-0.2, -0.15) is 0 Å². The average molecular weight is 266 g/mol. The number of rotatable bonds is 2. The monoisotopic (exact) mass is 266 g/mol. The lowest BCUT2D eigenvalue weighted by Crippen LogP contribution is -1.93. The fourth-order valence-electron chi connectivity index (χ4n) is 2.59. The number of hydrogen-bond acceptors (Lipinski definition) is 3. The highest BCUT2D eigenvalue weighted by molar-refractivity contribution is 5.86. The van der Waals surface area contributed by atoms with Gasteiger partial charge in [0.1, 0.15) is 5.82 Å². The number of H-pyrrole nitrogens is 1. The van der Waals surface area contributed by atoms with Gasteiger partial charge in [0.05, 0.1) is 0 Å². The molecular weight excluding hydrogens is 252 g/mol. The molecule has 0 unspecified atom stereocenters. The van der Waals surface area contributed by atoms with E-state index >= 15 is 0 Å². The number of aromatic nitrogens is 1. The maximum absolute atomic E-state index is 5.45. The van der Waals surface area contributed by atoms with Crippen LogP contribution in [0, 0.1) is 0 Å². The van der Waals surface area contributed by atoms with Crippen molar-refractivity contribution >= 4 is 5.82 Å². The Morgan fingerprint density at radius 2 is 1.80 bits per heavy atom. The largest absolute Gasteiger partial charge is 0.454 e. The van der Waals surface area contributed by atoms with Crippen LogP contribution in [0.4, 0.5) is 5.82 Å². The van der Waals surface area contributed by atoms with Gasteiger partial charge < -0.3 is 19.8 Å². The molecule has 0 fully saturated rings. The summed E-state index contributed by atoms with van der Waals surface area (Å²) in [6, 6.07) is 14.4. The molecule has 0 saturated carbocycles. The predicted octanol–water partition coefficient (Wildman–Crippen LogP) is 3.56. The molecule has 0 radical (unpaired) electrons. The summed E-state index contributed by atoms with van der Waals surface area (Å²) < 4.78 is 10.8. The minimum absolute atomic E-state index is 0.305. The van der Waals surface area contributed by atoms with E-state index in [4.69, 9.17) is 9.47 Å². The maximum atomic E-state index is 5.45. The van der Waals surface area contributed by atoms with E-state index in [9.17, 15) is 0 Å². The zero-order valence-corrected chi connectivity index (χ0v) is 11.1. The van der Waals surface area contributed by atoms with Gasteiger partial charge in [-0.15, -0.1) is 0 Å². The highest BCUT2D eigenvalue weighted by Gasteiger charge is 2.17. The van der Waals surface area contributed by atoms with E-state index in [0.29, 0.717) is 6.79 Å². The van der Waals surface area contributed by atoms with Crippen LogP contribution in [0.5, 0.6) is 11.5 Å². The first-order chi connectivity index (χ1) is 9.85. The molecule has 100 valence electrons. The van der Waals surface area contributed by atoms with Crippen molar-refractivity contribution in [2.45, 2.75) is 0 Å². The summed E-state index contributed by atoms with van der Waals surface area (Å²) in [5, 5.41) is 3.11. The van der Waals surface area contributed by atoms with Gasteiger partial charge in [-0.1, -0.05) is 12.1 Å². The number of fused-ring (bicyclic) bond motifs is 2. The molecule has 20 heavy (non-hydrogen) atoms. The fourth-order valence-corrected chi connectivity index (χ4v) is 2.59. The van der Waals surface area contributed by atoms with Gasteiger partial charge in [0.25, 0.3) is 0 Å². The van der Waals surface area contributed by atoms with Crippen LogP contribution in [0.3, 0.4) is 0 Å². The number of ether oxygens (including phenoxy) is 2. The van der Waals surface area contributed by atoms with Crippen molar-refractivity contribution in [1.82, 2.24) is 4.98 Å². The van der Waals surface area contributed by atoms with Crippen LogP contribution >= 0.6 is 0 Å². The molecule has 2 heterocycles. The molecule has 2 N–H and O–H groups in total. The van der Waals surface area contributed by atoms with Gasteiger partial charge in [0.15, 0.2) is 11.5 Å². The molecule has 1 aromatic rings. The van der Waals surface area contributed by atoms with E-state index < -0.39 is 0 Å². The molecule has 0 atom stereocenters. The summed E-state index contributed by atoms with van der Waals surface area (Å²) in [5.41, 5.74) is 4.64. The normalized spacial score (nSPS) is 12.8. The summed E-state index contributed by atoms with van der Waals surface area (Å²) in [7, 11) is 1.90. The SMILES string of the molecule is CNc1ccc2c(-c3ccc4c(c3)OCO4)ccc-2[nH]1. The number of nitrogens with one attached hydrogen (secondary N) is 2. The van der Waals surface area contributed by atoms with E-state index in [1.807, 2.05) is 25.2 Å². The van der Waals surface area contributed by atoms with E-state index in [-0.39, 0.29) is 0 Å². The first kappa shape index (κ1) is 11.2. The molecule has 3 aliphatic rings. The molecule has 4 heteroatoms. The van der Waals surface area contributed by atoms with Gasteiger partial charge in [-0.25, -0.2) is 0 Å². The maximum Gasteiger partial charge on any atom is 0.231 e. The smallest absolute Gasteiger partial charge is 0.231 e. The molecule has 4 rings (SSSR count). The molecule has 0 bridgehead atoms. The Bertz CT molecular complexity index is 748. The second-order valence-corrected chi connectivity index (χ2v) is 4.76. The van der Waals surface area contributed by atoms with Gasteiger partial charge >= 0.3 is 0 Å². The quantitative estimate of drug-likeness (QED) is 0.745. The predicted molar refractivity (Wildman–Crippen MR) is 78.5 cm³/mol. The zero-order valence-electron chi connectivity index (χ0n) is 11.1. The Kier molecular flexibility index (Phi) is 2.36. The lowest BCUT2D eigenvalue weighted by atomic mass is 10.0. The van der Waals surface area contributed by atoms with Crippen molar-refractivity contribution in [2.24, 2.45) is 0 Å². The van der Waals surface area contributed by atoms with Crippen molar-refractivity contribution < 1.29 is 9.47 Å². The Morgan fingerprint density at radius 1 is 0.950 bits per heavy atom. The van der Waals surface area contributed by atoms with Crippen LogP contribution < -0.4 is 14.8 Å². The van der Waals surface area contributed by atoms with Gasteiger partial charge in [-0.05, 0) is 41.5 Å². The molecule has 2 aliphatic heterocycles. The second kappa shape index (κ2) is 4.20. The molecule has 4 nitrogen and oxygen atoms in total. The zero-order chi connectivity index (χ0) is 13.5. The van der Waals surface area contributed by atoms with Crippen molar-refractivity contribution in [3.63, 3.8) is 0 Å². The molecule has 1 aliphatic carbocycles. The first-order valence-corrected chi connectivity index (χ1v) is 6.54. The number of benzene rings is 1. The van der Waals surface area contributed by atoms with Gasteiger partial charge in [-0.3, -0.25) is 0 Å². The van der Waals surface area contributed by atoms with Crippen LogP contribution in [-0.2, 0) is 0 Å². The molecule has 0 aromatic heterocycles. The summed E-state index contributed by atoms with van der Waals surface area (Å²) in [6.07, 6.45) is 0. The highest BCUT2D eigenvalue weighted by Crippen LogP contribution is 2.40. The summed E-state index contributed by atoms with van der Waals surface area (Å²) in [5.74, 6) is 2.63. The highest BCUT2D eigenvalue weighted by atomic mass is 16.7. The lowest BCUT2D eigenvalue weighted by Gasteiger charge is -2.08. The Morgan fingerprint density at radius 3 is 2.70 bits per heavy atom.